The van der Waals surface area contributed by atoms with Crippen molar-refractivity contribution in [3.8, 4) is 28.0 Å². The molecular formula is C26H19BO3. The maximum absolute atomic E-state index is 9.05. The summed E-state index contributed by atoms with van der Waals surface area (Å²) in [6, 6.07) is 34.8. The average molecular weight is 390 g/mol. The molecule has 0 atom stereocenters. The van der Waals surface area contributed by atoms with Gasteiger partial charge >= 0.3 is 7.32 Å². The van der Waals surface area contributed by atoms with Crippen LogP contribution >= 0.6 is 0 Å². The van der Waals surface area contributed by atoms with Crippen LogP contribution in [0.3, 0.4) is 0 Å². The molecule has 0 spiro atoms. The van der Waals surface area contributed by atoms with Crippen LogP contribution in [0.15, 0.2) is 103 Å². The van der Waals surface area contributed by atoms with Crippen LogP contribution in [0, 0.1) is 0 Å². The van der Waals surface area contributed by atoms with Crippen LogP contribution in [0.25, 0.3) is 43.8 Å². The van der Waals surface area contributed by atoms with Gasteiger partial charge in [0.2, 0.25) is 0 Å². The van der Waals surface area contributed by atoms with Crippen molar-refractivity contribution < 1.29 is 14.7 Å². The fourth-order valence-corrected chi connectivity index (χ4v) is 4.18. The van der Waals surface area contributed by atoms with E-state index in [2.05, 4.69) is 72.8 Å². The molecule has 5 rings (SSSR count). The highest BCUT2D eigenvalue weighted by Crippen LogP contribution is 2.43. The summed E-state index contributed by atoms with van der Waals surface area (Å²) in [5, 5.41) is 22.8. The molecule has 4 heteroatoms. The predicted octanol–water partition coefficient (Wildman–Crippen LogP) is 5.68. The second-order valence-corrected chi connectivity index (χ2v) is 7.18. The maximum atomic E-state index is 9.05. The van der Waals surface area contributed by atoms with Crippen molar-refractivity contribution in [2.45, 2.75) is 0 Å². The summed E-state index contributed by atoms with van der Waals surface area (Å²) in [6.07, 6.45) is 0. The smallest absolute Gasteiger partial charge is 0.512 e. The van der Waals surface area contributed by atoms with Crippen molar-refractivity contribution in [3.05, 3.63) is 103 Å². The Bertz CT molecular complexity index is 1270. The quantitative estimate of drug-likeness (QED) is 0.307. The molecular weight excluding hydrogens is 371 g/mol. The molecule has 3 nitrogen and oxygen atoms in total. The summed E-state index contributed by atoms with van der Waals surface area (Å²) in [5.41, 5.74) is 4.62. The van der Waals surface area contributed by atoms with Crippen molar-refractivity contribution in [2.24, 2.45) is 0 Å². The minimum absolute atomic E-state index is 0.406. The van der Waals surface area contributed by atoms with E-state index >= 15 is 0 Å². The topological polar surface area (TPSA) is 49.7 Å². The van der Waals surface area contributed by atoms with Crippen LogP contribution in [0.1, 0.15) is 0 Å². The van der Waals surface area contributed by atoms with E-state index < -0.39 is 7.32 Å². The maximum Gasteiger partial charge on any atom is 0.707 e. The summed E-state index contributed by atoms with van der Waals surface area (Å²) in [4.78, 5) is 0. The van der Waals surface area contributed by atoms with Crippen LogP contribution in [0.2, 0.25) is 0 Å². The highest BCUT2D eigenvalue weighted by Gasteiger charge is 2.16. The van der Waals surface area contributed by atoms with E-state index in [1.54, 1.807) is 12.1 Å². The largest absolute Gasteiger partial charge is 0.707 e. The fourth-order valence-electron chi connectivity index (χ4n) is 4.18. The second-order valence-electron chi connectivity index (χ2n) is 7.18. The predicted molar refractivity (Wildman–Crippen MR) is 123 cm³/mol. The van der Waals surface area contributed by atoms with E-state index in [9.17, 15) is 0 Å². The van der Waals surface area contributed by atoms with E-state index in [1.807, 2.05) is 18.2 Å². The van der Waals surface area contributed by atoms with Crippen LogP contribution in [0.4, 0.5) is 0 Å². The number of hydrogen-bond acceptors (Lipinski definition) is 3. The van der Waals surface area contributed by atoms with Gasteiger partial charge in [0.1, 0.15) is 5.75 Å². The van der Waals surface area contributed by atoms with Crippen LogP contribution in [0.5, 0.6) is 5.75 Å². The first kappa shape index (κ1) is 18.4. The summed E-state index contributed by atoms with van der Waals surface area (Å²) < 4.78 is 4.97. The zero-order valence-corrected chi connectivity index (χ0v) is 16.2. The third-order valence-corrected chi connectivity index (χ3v) is 5.38. The molecule has 0 amide bonds. The monoisotopic (exact) mass is 390 g/mol. The molecule has 0 heterocycles. The Balaban J connectivity index is 1.83. The lowest BCUT2D eigenvalue weighted by Gasteiger charge is -2.17. The van der Waals surface area contributed by atoms with Crippen molar-refractivity contribution in [1.29, 1.82) is 0 Å². The summed E-state index contributed by atoms with van der Waals surface area (Å²) in [6.45, 7) is 0. The van der Waals surface area contributed by atoms with Gasteiger partial charge < -0.3 is 14.7 Å². The van der Waals surface area contributed by atoms with Gasteiger partial charge in [-0.2, -0.15) is 0 Å². The zero-order valence-electron chi connectivity index (χ0n) is 16.2. The molecule has 0 radical (unpaired) electrons. The van der Waals surface area contributed by atoms with Crippen LogP contribution in [-0.4, -0.2) is 17.4 Å². The molecule has 0 aliphatic rings. The third kappa shape index (κ3) is 3.22. The molecule has 0 aliphatic carbocycles. The SMILES string of the molecule is OB(O)Oc1ccc(-c2c3ccccc3c(-c3ccccc3)c3ccccc23)cc1. The highest BCUT2D eigenvalue weighted by atomic mass is 16.6. The van der Waals surface area contributed by atoms with Gasteiger partial charge in [0.15, 0.2) is 0 Å². The van der Waals surface area contributed by atoms with E-state index in [4.69, 9.17) is 14.7 Å². The molecule has 0 fully saturated rings. The Kier molecular flexibility index (Phi) is 4.72. The normalized spacial score (nSPS) is 11.0. The average Bonchev–Trinajstić information content (AvgIpc) is 2.78. The highest BCUT2D eigenvalue weighted by molar-refractivity contribution is 6.33. The molecule has 144 valence electrons. The lowest BCUT2D eigenvalue weighted by atomic mass is 9.86. The van der Waals surface area contributed by atoms with E-state index in [-0.39, 0.29) is 0 Å². The standard InChI is InChI=1S/C26H19BO3/c28-27(29)30-20-16-14-19(15-17-20)26-23-12-6-4-10-21(23)25(18-8-2-1-3-9-18)22-11-5-7-13-24(22)26/h1-17,28-29H. The number of benzene rings is 5. The molecule has 2 N–H and O–H groups in total. The van der Waals surface area contributed by atoms with Gasteiger partial charge in [0.25, 0.3) is 0 Å². The Morgan fingerprint density at radius 2 is 0.867 bits per heavy atom. The van der Waals surface area contributed by atoms with Crippen molar-refractivity contribution >= 4 is 28.9 Å². The van der Waals surface area contributed by atoms with Gasteiger partial charge in [-0.1, -0.05) is 91.0 Å². The van der Waals surface area contributed by atoms with Crippen molar-refractivity contribution in [2.75, 3.05) is 0 Å². The lowest BCUT2D eigenvalue weighted by molar-refractivity contribution is 0.288. The molecule has 0 unspecified atom stereocenters. The summed E-state index contributed by atoms with van der Waals surface area (Å²) in [7, 11) is -1.83. The molecule has 5 aromatic carbocycles. The van der Waals surface area contributed by atoms with Gasteiger partial charge in [-0.25, -0.2) is 0 Å². The van der Waals surface area contributed by atoms with Gasteiger partial charge in [-0.15, -0.1) is 0 Å². The Hall–Kier alpha value is -3.60. The third-order valence-electron chi connectivity index (χ3n) is 5.38. The number of hydrogen-bond donors (Lipinski definition) is 2. The minimum atomic E-state index is -1.83. The Morgan fingerprint density at radius 3 is 1.30 bits per heavy atom. The van der Waals surface area contributed by atoms with Crippen molar-refractivity contribution in [3.63, 3.8) is 0 Å². The van der Waals surface area contributed by atoms with Gasteiger partial charge in [-0.05, 0) is 55.9 Å². The molecule has 0 saturated heterocycles. The molecule has 0 saturated carbocycles. The zero-order chi connectivity index (χ0) is 20.5. The lowest BCUT2D eigenvalue weighted by Crippen LogP contribution is -2.20. The Morgan fingerprint density at radius 1 is 0.467 bits per heavy atom. The molecule has 0 aromatic heterocycles. The summed E-state index contributed by atoms with van der Waals surface area (Å²) in [5.74, 6) is 0.406. The van der Waals surface area contributed by atoms with Crippen molar-refractivity contribution in [1.82, 2.24) is 0 Å². The molecule has 0 aliphatic heterocycles. The van der Waals surface area contributed by atoms with E-state index in [0.717, 1.165) is 11.1 Å². The van der Waals surface area contributed by atoms with E-state index in [0.29, 0.717) is 5.75 Å². The molecule has 0 bridgehead atoms. The van der Waals surface area contributed by atoms with Gasteiger partial charge in [-0.3, -0.25) is 0 Å². The number of fused-ring (bicyclic) bond motifs is 2. The van der Waals surface area contributed by atoms with Gasteiger partial charge in [0.05, 0.1) is 0 Å². The van der Waals surface area contributed by atoms with Crippen LogP contribution in [-0.2, 0) is 0 Å². The van der Waals surface area contributed by atoms with Crippen LogP contribution < -0.4 is 4.65 Å². The number of rotatable bonds is 4. The first-order valence-electron chi connectivity index (χ1n) is 9.84. The fraction of sp³-hybridized carbons (Fsp3) is 0. The Labute approximate surface area is 175 Å². The summed E-state index contributed by atoms with van der Waals surface area (Å²) >= 11 is 0. The second kappa shape index (κ2) is 7.67. The first-order valence-corrected chi connectivity index (χ1v) is 9.84. The van der Waals surface area contributed by atoms with E-state index in [1.165, 1.54) is 32.7 Å². The molecule has 5 aromatic rings. The molecule has 30 heavy (non-hydrogen) atoms. The minimum Gasteiger partial charge on any atom is -0.512 e. The van der Waals surface area contributed by atoms with Gasteiger partial charge in [0, 0.05) is 0 Å². The first-order chi connectivity index (χ1) is 14.7.